The van der Waals surface area contributed by atoms with Gasteiger partial charge in [-0.25, -0.2) is 7.31 Å². The van der Waals surface area contributed by atoms with Crippen LogP contribution in [0.3, 0.4) is 0 Å². The minimum atomic E-state index is -0.504. The van der Waals surface area contributed by atoms with Crippen LogP contribution in [0.5, 0.6) is 0 Å². The third-order valence-corrected chi connectivity index (χ3v) is 3.23. The second-order valence-corrected chi connectivity index (χ2v) is 6.98. The standard InChI is InChI=1S/C13H20INO5S/c1-10(19-21-20-14)5-6-11-9-15(7-8-17-11)12(16)18-13(2,3)4/h10-11H,7-9H2,1-4H3. The lowest BCUT2D eigenvalue weighted by Gasteiger charge is -2.32. The summed E-state index contributed by atoms with van der Waals surface area (Å²) in [5.74, 6) is 5.87. The Kier molecular flexibility index (Phi) is 8.12. The lowest BCUT2D eigenvalue weighted by Crippen LogP contribution is -2.47. The molecule has 1 saturated heterocycles. The fourth-order valence-corrected chi connectivity index (χ4v) is 1.99. The van der Waals surface area contributed by atoms with Crippen molar-refractivity contribution >= 4 is 41.4 Å². The maximum atomic E-state index is 12.0. The molecule has 0 aliphatic carbocycles. The van der Waals surface area contributed by atoms with Crippen LogP contribution in [-0.2, 0) is 16.2 Å². The molecule has 1 aliphatic heterocycles. The normalized spacial score (nSPS) is 20.4. The van der Waals surface area contributed by atoms with E-state index < -0.39 is 5.60 Å². The average molecular weight is 429 g/mol. The number of hydrogen-bond acceptors (Lipinski definition) is 6. The van der Waals surface area contributed by atoms with Crippen LogP contribution in [-0.4, -0.2) is 48.5 Å². The smallest absolute Gasteiger partial charge is 0.410 e. The Hall–Kier alpha value is -0.210. The fourth-order valence-electron chi connectivity index (χ4n) is 1.54. The molecule has 0 saturated carbocycles. The minimum absolute atomic E-state index is 0.287. The number of halogens is 1. The molecular weight excluding hydrogens is 409 g/mol. The predicted octanol–water partition coefficient (Wildman–Crippen LogP) is 2.96. The second-order valence-electron chi connectivity index (χ2n) is 5.44. The highest BCUT2D eigenvalue weighted by Crippen LogP contribution is 2.14. The van der Waals surface area contributed by atoms with Crippen molar-refractivity contribution in [2.45, 2.75) is 45.5 Å². The molecular formula is C13H20INO5S. The Morgan fingerprint density at radius 3 is 2.86 bits per heavy atom. The van der Waals surface area contributed by atoms with E-state index in [1.807, 2.05) is 27.7 Å². The van der Waals surface area contributed by atoms with Crippen molar-refractivity contribution in [3.05, 3.63) is 0 Å². The van der Waals surface area contributed by atoms with Gasteiger partial charge in [-0.15, -0.1) is 0 Å². The van der Waals surface area contributed by atoms with Crippen molar-refractivity contribution in [3.63, 3.8) is 0 Å². The maximum absolute atomic E-state index is 12.0. The molecule has 120 valence electrons. The molecule has 1 heterocycles. The zero-order valence-corrected chi connectivity index (χ0v) is 15.5. The summed E-state index contributed by atoms with van der Waals surface area (Å²) in [4.78, 5) is 13.6. The largest absolute Gasteiger partial charge is 0.444 e. The van der Waals surface area contributed by atoms with Gasteiger partial charge in [-0.1, -0.05) is 11.8 Å². The molecule has 0 aromatic carbocycles. The van der Waals surface area contributed by atoms with Crippen molar-refractivity contribution < 1.29 is 21.0 Å². The molecule has 21 heavy (non-hydrogen) atoms. The number of carbonyl (C=O) groups is 1. The molecule has 1 amide bonds. The Morgan fingerprint density at radius 2 is 2.24 bits per heavy atom. The number of morpholine rings is 1. The van der Waals surface area contributed by atoms with Crippen LogP contribution >= 0.6 is 35.3 Å². The molecule has 1 rings (SSSR count). The van der Waals surface area contributed by atoms with Crippen LogP contribution in [0.1, 0.15) is 27.7 Å². The zero-order valence-electron chi connectivity index (χ0n) is 12.6. The van der Waals surface area contributed by atoms with E-state index in [1.165, 1.54) is 0 Å². The van der Waals surface area contributed by atoms with Crippen LogP contribution in [0.4, 0.5) is 4.79 Å². The Morgan fingerprint density at radius 1 is 1.52 bits per heavy atom. The first-order valence-electron chi connectivity index (χ1n) is 6.53. The number of carbonyl (C=O) groups excluding carboxylic acids is 1. The molecule has 8 heteroatoms. The summed E-state index contributed by atoms with van der Waals surface area (Å²) < 4.78 is 20.7. The van der Waals surface area contributed by atoms with Crippen LogP contribution in [0.15, 0.2) is 0 Å². The summed E-state index contributed by atoms with van der Waals surface area (Å²) in [6, 6.07) is 0. The van der Waals surface area contributed by atoms with E-state index in [-0.39, 0.29) is 18.3 Å². The Labute approximate surface area is 144 Å². The number of amides is 1. The summed E-state index contributed by atoms with van der Waals surface area (Å²) in [5.41, 5.74) is -0.504. The number of hydrogen-bond donors (Lipinski definition) is 0. The number of ether oxygens (including phenoxy) is 2. The number of nitrogens with zero attached hydrogens (tertiary/aromatic N) is 1. The summed E-state index contributed by atoms with van der Waals surface area (Å²) >= 11 is 2.59. The molecule has 0 bridgehead atoms. The molecule has 0 radical (unpaired) electrons. The van der Waals surface area contributed by atoms with Gasteiger partial charge in [0.05, 0.1) is 13.2 Å². The second kappa shape index (κ2) is 9.05. The van der Waals surface area contributed by atoms with Gasteiger partial charge in [-0.05, 0) is 27.7 Å². The molecule has 2 atom stereocenters. The molecule has 0 N–H and O–H groups in total. The monoisotopic (exact) mass is 429 g/mol. The minimum Gasteiger partial charge on any atom is -0.444 e. The first-order valence-corrected chi connectivity index (χ1v) is 8.08. The third-order valence-electron chi connectivity index (χ3n) is 2.38. The van der Waals surface area contributed by atoms with Crippen molar-refractivity contribution in [2.24, 2.45) is 0 Å². The SMILES string of the molecule is CC(C#CC1CN(C(=O)OC(C)(C)C)CCO1)OSOI. The molecule has 0 spiro atoms. The Bertz CT molecular complexity index is 404. The van der Waals surface area contributed by atoms with E-state index in [4.69, 9.17) is 16.2 Å². The van der Waals surface area contributed by atoms with E-state index >= 15 is 0 Å². The van der Waals surface area contributed by atoms with Crippen LogP contribution in [0.2, 0.25) is 0 Å². The van der Waals surface area contributed by atoms with Crippen molar-refractivity contribution in [2.75, 3.05) is 19.7 Å². The quantitative estimate of drug-likeness (QED) is 0.391. The lowest BCUT2D eigenvalue weighted by atomic mass is 10.2. The highest BCUT2D eigenvalue weighted by molar-refractivity contribution is 14.1. The molecule has 0 aromatic rings. The van der Waals surface area contributed by atoms with Crippen molar-refractivity contribution in [3.8, 4) is 11.8 Å². The van der Waals surface area contributed by atoms with Gasteiger partial charge < -0.3 is 14.4 Å². The van der Waals surface area contributed by atoms with Gasteiger partial charge >= 0.3 is 6.09 Å². The third kappa shape index (κ3) is 8.11. The maximum Gasteiger partial charge on any atom is 0.410 e. The predicted molar refractivity (Wildman–Crippen MR) is 88.6 cm³/mol. The van der Waals surface area contributed by atoms with E-state index in [0.717, 1.165) is 12.3 Å². The van der Waals surface area contributed by atoms with Crippen LogP contribution in [0.25, 0.3) is 0 Å². The summed E-state index contributed by atoms with van der Waals surface area (Å²) in [7, 11) is 0. The first-order chi connectivity index (χ1) is 9.81. The fraction of sp³-hybridized carbons (Fsp3) is 0.769. The van der Waals surface area contributed by atoms with Gasteiger partial charge in [0, 0.05) is 6.54 Å². The topological polar surface area (TPSA) is 57.2 Å². The van der Waals surface area contributed by atoms with Gasteiger partial charge in [0.25, 0.3) is 0 Å². The number of rotatable bonds is 3. The van der Waals surface area contributed by atoms with E-state index in [0.29, 0.717) is 19.7 Å². The highest BCUT2D eigenvalue weighted by atomic mass is 127. The van der Waals surface area contributed by atoms with Gasteiger partial charge in [-0.2, -0.15) is 0 Å². The Balaban J connectivity index is 2.49. The summed E-state index contributed by atoms with van der Waals surface area (Å²) in [6.45, 7) is 8.68. The van der Waals surface area contributed by atoms with Crippen LogP contribution in [0, 0.1) is 11.8 Å². The molecule has 2 unspecified atom stereocenters. The summed E-state index contributed by atoms with van der Waals surface area (Å²) in [5, 5.41) is 0. The van der Waals surface area contributed by atoms with Gasteiger partial charge in [-0.3, -0.25) is 4.18 Å². The lowest BCUT2D eigenvalue weighted by molar-refractivity contribution is -0.0237. The van der Waals surface area contributed by atoms with Crippen LogP contribution < -0.4 is 0 Å². The van der Waals surface area contributed by atoms with E-state index in [9.17, 15) is 4.79 Å². The highest BCUT2D eigenvalue weighted by Gasteiger charge is 2.27. The van der Waals surface area contributed by atoms with Gasteiger partial charge in [0.1, 0.15) is 40.8 Å². The summed E-state index contributed by atoms with van der Waals surface area (Å²) in [6.07, 6.45) is -0.955. The van der Waals surface area contributed by atoms with Gasteiger partial charge in [0.2, 0.25) is 0 Å². The zero-order chi connectivity index (χ0) is 15.9. The molecule has 6 nitrogen and oxygen atoms in total. The van der Waals surface area contributed by atoms with E-state index in [1.54, 1.807) is 27.9 Å². The molecule has 1 fully saturated rings. The van der Waals surface area contributed by atoms with Crippen molar-refractivity contribution in [1.29, 1.82) is 0 Å². The average Bonchev–Trinajstić information content (AvgIpc) is 2.41. The molecule has 1 aliphatic rings. The van der Waals surface area contributed by atoms with Gasteiger partial charge in [0.15, 0.2) is 12.3 Å². The first kappa shape index (κ1) is 18.8. The van der Waals surface area contributed by atoms with E-state index in [2.05, 4.69) is 11.8 Å². The van der Waals surface area contributed by atoms with Crippen molar-refractivity contribution in [1.82, 2.24) is 4.90 Å². The molecule has 0 aromatic heterocycles.